The molecule has 0 bridgehead atoms. The van der Waals surface area contributed by atoms with Gasteiger partial charge >= 0.3 is 11.9 Å². The Morgan fingerprint density at radius 3 is 2.47 bits per heavy atom. The van der Waals surface area contributed by atoms with Crippen LogP contribution in [0.4, 0.5) is 5.69 Å². The number of hydrogen-bond acceptors (Lipinski definition) is 4. The summed E-state index contributed by atoms with van der Waals surface area (Å²) in [5.41, 5.74) is 2.98. The molecule has 0 aromatic heterocycles. The quantitative estimate of drug-likeness (QED) is 0.573. The first-order valence-electron chi connectivity index (χ1n) is 4.11. The van der Waals surface area contributed by atoms with E-state index < -0.39 is 11.9 Å². The maximum atomic E-state index is 10.9. The maximum absolute atomic E-state index is 10.9. The minimum Gasteiger partial charge on any atom is -0.478 e. The van der Waals surface area contributed by atoms with Crippen molar-refractivity contribution in [1.29, 1.82) is 0 Å². The summed E-state index contributed by atoms with van der Waals surface area (Å²) in [7, 11) is 0. The molecule has 0 saturated carbocycles. The molecule has 2 N–H and O–H groups in total. The molecule has 0 aliphatic carbocycles. The number of hydrogen-bond donors (Lipinski definition) is 2. The molecule has 1 aromatic carbocycles. The third-order valence-corrected chi connectivity index (χ3v) is 1.41. The van der Waals surface area contributed by atoms with Crippen LogP contribution in [0.15, 0.2) is 42.5 Å². The largest absolute Gasteiger partial charge is 0.478 e. The molecule has 0 atom stereocenters. The lowest BCUT2D eigenvalue weighted by atomic mass is 10.3. The molecule has 0 saturated heterocycles. The molecular formula is C10H9NO4. The van der Waals surface area contributed by atoms with Gasteiger partial charge in [0.25, 0.3) is 0 Å². The van der Waals surface area contributed by atoms with Gasteiger partial charge in [-0.1, -0.05) is 18.2 Å². The topological polar surface area (TPSA) is 75.6 Å². The minimum absolute atomic E-state index is 0.606. The SMILES string of the molecule is O=C(O)/C=C/C(=O)ONc1ccccc1. The highest BCUT2D eigenvalue weighted by molar-refractivity contribution is 5.90. The zero-order valence-corrected chi connectivity index (χ0v) is 7.71. The molecule has 0 unspecified atom stereocenters. The molecule has 1 rings (SSSR count). The van der Waals surface area contributed by atoms with E-state index in [0.717, 1.165) is 6.08 Å². The second kappa shape index (κ2) is 5.43. The molecule has 0 heterocycles. The second-order valence-corrected chi connectivity index (χ2v) is 2.56. The van der Waals surface area contributed by atoms with Gasteiger partial charge in [-0.15, -0.1) is 0 Å². The number of carboxylic acids is 1. The van der Waals surface area contributed by atoms with Gasteiger partial charge in [0.15, 0.2) is 0 Å². The summed E-state index contributed by atoms with van der Waals surface area (Å²) >= 11 is 0. The Bertz CT molecular complexity index is 372. The van der Waals surface area contributed by atoms with Crippen LogP contribution in [-0.4, -0.2) is 17.0 Å². The number of rotatable bonds is 4. The summed E-state index contributed by atoms with van der Waals surface area (Å²) in [6, 6.07) is 8.76. The Balaban J connectivity index is 2.38. The van der Waals surface area contributed by atoms with Crippen LogP contribution in [0, 0.1) is 0 Å². The van der Waals surface area contributed by atoms with Crippen molar-refractivity contribution in [3.05, 3.63) is 42.5 Å². The molecule has 0 fully saturated rings. The van der Waals surface area contributed by atoms with Crippen molar-refractivity contribution in [2.75, 3.05) is 5.48 Å². The van der Waals surface area contributed by atoms with Crippen molar-refractivity contribution in [3.8, 4) is 0 Å². The van der Waals surface area contributed by atoms with E-state index in [9.17, 15) is 9.59 Å². The number of carboxylic acid groups (broad SMARTS) is 1. The Labute approximate surface area is 85.9 Å². The third-order valence-electron chi connectivity index (χ3n) is 1.41. The van der Waals surface area contributed by atoms with Crippen molar-refractivity contribution in [2.45, 2.75) is 0 Å². The van der Waals surface area contributed by atoms with Gasteiger partial charge < -0.3 is 9.94 Å². The van der Waals surface area contributed by atoms with Gasteiger partial charge in [0.2, 0.25) is 0 Å². The van der Waals surface area contributed by atoms with Gasteiger partial charge in [0, 0.05) is 12.2 Å². The molecule has 0 amide bonds. The van der Waals surface area contributed by atoms with E-state index in [1.165, 1.54) is 0 Å². The highest BCUT2D eigenvalue weighted by Gasteiger charge is 1.98. The van der Waals surface area contributed by atoms with Gasteiger partial charge in [-0.3, -0.25) is 0 Å². The zero-order valence-electron chi connectivity index (χ0n) is 7.71. The number of carbonyl (C=O) groups is 2. The summed E-state index contributed by atoms with van der Waals surface area (Å²) in [5, 5.41) is 8.23. The van der Waals surface area contributed by atoms with Crippen molar-refractivity contribution in [2.24, 2.45) is 0 Å². The van der Waals surface area contributed by atoms with E-state index in [1.54, 1.807) is 24.3 Å². The summed E-state index contributed by atoms with van der Waals surface area (Å²) < 4.78 is 0. The van der Waals surface area contributed by atoms with E-state index >= 15 is 0 Å². The molecule has 0 spiro atoms. The average Bonchev–Trinajstić information content (AvgIpc) is 2.25. The van der Waals surface area contributed by atoms with Crippen molar-refractivity contribution in [1.82, 2.24) is 0 Å². The fourth-order valence-electron chi connectivity index (χ4n) is 0.789. The van der Waals surface area contributed by atoms with Crippen LogP contribution in [0.25, 0.3) is 0 Å². The molecule has 5 nitrogen and oxygen atoms in total. The molecule has 0 aliphatic rings. The van der Waals surface area contributed by atoms with Crippen LogP contribution in [-0.2, 0) is 14.4 Å². The monoisotopic (exact) mass is 207 g/mol. The number of para-hydroxylation sites is 1. The first kappa shape index (κ1) is 10.8. The fourth-order valence-corrected chi connectivity index (χ4v) is 0.789. The highest BCUT2D eigenvalue weighted by Crippen LogP contribution is 2.04. The summed E-state index contributed by atoms with van der Waals surface area (Å²) in [6.07, 6.45) is 1.52. The van der Waals surface area contributed by atoms with Crippen LogP contribution in [0.5, 0.6) is 0 Å². The summed E-state index contributed by atoms with van der Waals surface area (Å²) in [4.78, 5) is 25.5. The van der Waals surface area contributed by atoms with Gasteiger partial charge in [-0.2, -0.15) is 0 Å². The summed E-state index contributed by atoms with van der Waals surface area (Å²) in [5.74, 6) is -1.98. The van der Waals surface area contributed by atoms with Crippen LogP contribution in [0.3, 0.4) is 0 Å². The second-order valence-electron chi connectivity index (χ2n) is 2.56. The number of benzene rings is 1. The van der Waals surface area contributed by atoms with Crippen molar-refractivity contribution < 1.29 is 19.5 Å². The molecule has 78 valence electrons. The Hall–Kier alpha value is -2.30. The van der Waals surface area contributed by atoms with Gasteiger partial charge in [-0.25, -0.2) is 15.1 Å². The molecule has 5 heteroatoms. The number of nitrogens with one attached hydrogen (secondary N) is 1. The van der Waals surface area contributed by atoms with E-state index in [4.69, 9.17) is 5.11 Å². The molecule has 15 heavy (non-hydrogen) atoms. The number of anilines is 1. The van der Waals surface area contributed by atoms with Crippen LogP contribution >= 0.6 is 0 Å². The molecular weight excluding hydrogens is 198 g/mol. The van der Waals surface area contributed by atoms with Crippen LogP contribution < -0.4 is 5.48 Å². The standard InChI is InChI=1S/C10H9NO4/c12-9(13)6-7-10(14)15-11-8-4-2-1-3-5-8/h1-7,11H,(H,12,13)/b7-6+. The predicted octanol–water partition coefficient (Wildman–Crippen LogP) is 1.20. The Morgan fingerprint density at radius 2 is 1.87 bits per heavy atom. The lowest BCUT2D eigenvalue weighted by Crippen LogP contribution is -2.08. The third kappa shape index (κ3) is 4.47. The van der Waals surface area contributed by atoms with E-state index in [2.05, 4.69) is 10.3 Å². The summed E-state index contributed by atoms with van der Waals surface area (Å²) in [6.45, 7) is 0. The number of carbonyl (C=O) groups excluding carboxylic acids is 1. The molecule has 1 aromatic rings. The van der Waals surface area contributed by atoms with Gasteiger partial charge in [-0.05, 0) is 12.1 Å². The van der Waals surface area contributed by atoms with E-state index in [-0.39, 0.29) is 0 Å². The lowest BCUT2D eigenvalue weighted by Gasteiger charge is -2.03. The van der Waals surface area contributed by atoms with Crippen molar-refractivity contribution in [3.63, 3.8) is 0 Å². The van der Waals surface area contributed by atoms with Crippen LogP contribution in [0.2, 0.25) is 0 Å². The minimum atomic E-state index is -1.20. The maximum Gasteiger partial charge on any atom is 0.355 e. The van der Waals surface area contributed by atoms with Gasteiger partial charge in [0.05, 0.1) is 5.69 Å². The Kier molecular flexibility index (Phi) is 3.91. The molecule has 0 radical (unpaired) electrons. The lowest BCUT2D eigenvalue weighted by molar-refractivity contribution is -0.136. The first-order valence-corrected chi connectivity index (χ1v) is 4.11. The highest BCUT2D eigenvalue weighted by atomic mass is 16.7. The normalized spacial score (nSPS) is 9.87. The van der Waals surface area contributed by atoms with Crippen molar-refractivity contribution >= 4 is 17.6 Å². The van der Waals surface area contributed by atoms with E-state index in [1.807, 2.05) is 6.07 Å². The van der Waals surface area contributed by atoms with Crippen LogP contribution in [0.1, 0.15) is 0 Å². The fraction of sp³-hybridized carbons (Fsp3) is 0. The Morgan fingerprint density at radius 1 is 1.20 bits per heavy atom. The smallest absolute Gasteiger partial charge is 0.355 e. The van der Waals surface area contributed by atoms with Gasteiger partial charge in [0.1, 0.15) is 0 Å². The molecule has 0 aliphatic heterocycles. The van der Waals surface area contributed by atoms with E-state index in [0.29, 0.717) is 11.8 Å². The average molecular weight is 207 g/mol. The zero-order chi connectivity index (χ0) is 11.1. The number of aliphatic carboxylic acids is 1. The predicted molar refractivity (Wildman–Crippen MR) is 52.9 cm³/mol. The first-order chi connectivity index (χ1) is 7.18.